The van der Waals surface area contributed by atoms with Gasteiger partial charge in [-0.15, -0.1) is 5.10 Å². The van der Waals surface area contributed by atoms with Crippen LogP contribution in [0.5, 0.6) is 0 Å². The number of anilines is 1. The molecule has 3 rings (SSSR count). The lowest BCUT2D eigenvalue weighted by Gasteiger charge is -2.10. The van der Waals surface area contributed by atoms with Crippen LogP contribution < -0.4 is 10.9 Å². The minimum atomic E-state index is -0.371. The average Bonchev–Trinajstić information content (AvgIpc) is 3.11. The van der Waals surface area contributed by atoms with E-state index in [1.165, 1.54) is 21.6 Å². The van der Waals surface area contributed by atoms with Gasteiger partial charge in [0.2, 0.25) is 0 Å². The number of amides is 1. The zero-order chi connectivity index (χ0) is 17.1. The SMILES string of the molecule is CCn1cc(NC(=O)c2ccc(-n3cnnn3)cc2Cl)ccc1=O. The molecule has 1 amide bonds. The van der Waals surface area contributed by atoms with E-state index in [1.54, 1.807) is 30.5 Å². The molecule has 2 heterocycles. The van der Waals surface area contributed by atoms with Crippen molar-refractivity contribution in [2.75, 3.05) is 5.32 Å². The Labute approximate surface area is 141 Å². The van der Waals surface area contributed by atoms with Gasteiger partial charge in [-0.25, -0.2) is 4.68 Å². The minimum absolute atomic E-state index is 0.126. The first kappa shape index (κ1) is 15.9. The fraction of sp³-hybridized carbons (Fsp3) is 0.133. The fourth-order valence-corrected chi connectivity index (χ4v) is 2.42. The summed E-state index contributed by atoms with van der Waals surface area (Å²) in [6, 6.07) is 7.83. The van der Waals surface area contributed by atoms with Gasteiger partial charge in [-0.05, 0) is 41.6 Å². The van der Waals surface area contributed by atoms with Crippen molar-refractivity contribution < 1.29 is 4.79 Å². The Bertz CT molecular complexity index is 935. The van der Waals surface area contributed by atoms with Crippen LogP contribution in [0.15, 0.2) is 47.7 Å². The molecule has 24 heavy (non-hydrogen) atoms. The second-order valence-electron chi connectivity index (χ2n) is 4.91. The van der Waals surface area contributed by atoms with Crippen molar-refractivity contribution in [2.24, 2.45) is 0 Å². The number of nitrogens with zero attached hydrogens (tertiary/aromatic N) is 5. The third-order valence-electron chi connectivity index (χ3n) is 3.39. The molecule has 1 N–H and O–H groups in total. The first-order valence-electron chi connectivity index (χ1n) is 7.13. The van der Waals surface area contributed by atoms with Crippen LogP contribution in [0.4, 0.5) is 5.69 Å². The number of rotatable bonds is 4. The number of pyridine rings is 1. The van der Waals surface area contributed by atoms with Crippen LogP contribution >= 0.6 is 11.6 Å². The second kappa shape index (κ2) is 6.63. The maximum atomic E-state index is 12.4. The second-order valence-corrected chi connectivity index (χ2v) is 5.32. The number of aromatic nitrogens is 5. The number of carbonyl (C=O) groups excluding carboxylic acids is 1. The number of hydrogen-bond donors (Lipinski definition) is 1. The molecule has 0 bridgehead atoms. The molecule has 0 radical (unpaired) electrons. The van der Waals surface area contributed by atoms with Crippen LogP contribution in [-0.2, 0) is 6.54 Å². The summed E-state index contributed by atoms with van der Waals surface area (Å²) in [7, 11) is 0. The van der Waals surface area contributed by atoms with E-state index in [4.69, 9.17) is 11.6 Å². The number of benzene rings is 1. The lowest BCUT2D eigenvalue weighted by molar-refractivity contribution is 0.102. The van der Waals surface area contributed by atoms with E-state index in [-0.39, 0.29) is 16.5 Å². The van der Waals surface area contributed by atoms with Gasteiger partial charge in [-0.3, -0.25) is 9.59 Å². The predicted octanol–water partition coefficient (Wildman–Crippen LogP) is 1.75. The summed E-state index contributed by atoms with van der Waals surface area (Å²) in [6.07, 6.45) is 3.02. The van der Waals surface area contributed by atoms with Gasteiger partial charge in [0.15, 0.2) is 0 Å². The summed E-state index contributed by atoms with van der Waals surface area (Å²) in [6.45, 7) is 2.37. The molecule has 0 aliphatic carbocycles. The van der Waals surface area contributed by atoms with Crippen molar-refractivity contribution in [3.05, 3.63) is 63.8 Å². The summed E-state index contributed by atoms with van der Waals surface area (Å²) in [5.74, 6) is -0.371. The first-order chi connectivity index (χ1) is 11.6. The maximum Gasteiger partial charge on any atom is 0.257 e. The number of hydrogen-bond acceptors (Lipinski definition) is 5. The number of nitrogens with one attached hydrogen (secondary N) is 1. The van der Waals surface area contributed by atoms with Crippen LogP contribution in [0.25, 0.3) is 5.69 Å². The van der Waals surface area contributed by atoms with Gasteiger partial charge in [-0.1, -0.05) is 11.6 Å². The Morgan fingerprint density at radius 2 is 2.12 bits per heavy atom. The van der Waals surface area contributed by atoms with Gasteiger partial charge in [-0.2, -0.15) is 0 Å². The zero-order valence-corrected chi connectivity index (χ0v) is 13.4. The Morgan fingerprint density at radius 1 is 1.29 bits per heavy atom. The Kier molecular flexibility index (Phi) is 4.39. The molecule has 0 aliphatic heterocycles. The quantitative estimate of drug-likeness (QED) is 0.778. The van der Waals surface area contributed by atoms with Crippen molar-refractivity contribution in [3.63, 3.8) is 0 Å². The Morgan fingerprint density at radius 3 is 2.79 bits per heavy atom. The molecule has 0 unspecified atom stereocenters. The van der Waals surface area contributed by atoms with Gasteiger partial charge in [0, 0.05) is 18.8 Å². The molecule has 0 saturated carbocycles. The molecule has 1 aromatic carbocycles. The average molecular weight is 345 g/mol. The summed E-state index contributed by atoms with van der Waals surface area (Å²) >= 11 is 6.19. The molecule has 0 aliphatic rings. The number of carbonyl (C=O) groups is 1. The summed E-state index contributed by atoms with van der Waals surface area (Å²) in [4.78, 5) is 24.0. The largest absolute Gasteiger partial charge is 0.321 e. The van der Waals surface area contributed by atoms with Crippen LogP contribution in [0.3, 0.4) is 0 Å². The van der Waals surface area contributed by atoms with E-state index < -0.39 is 0 Å². The third kappa shape index (κ3) is 3.18. The molecule has 3 aromatic rings. The highest BCUT2D eigenvalue weighted by atomic mass is 35.5. The molecular weight excluding hydrogens is 332 g/mol. The standard InChI is InChI=1S/C15H13ClN6O2/c1-2-21-8-10(3-6-14(21)23)18-15(24)12-5-4-11(7-13(12)16)22-9-17-19-20-22/h3-9H,2H2,1H3,(H,18,24). The predicted molar refractivity (Wildman–Crippen MR) is 88.5 cm³/mol. The van der Waals surface area contributed by atoms with Gasteiger partial charge in [0.25, 0.3) is 11.5 Å². The molecule has 9 heteroatoms. The Balaban J connectivity index is 1.84. The molecule has 2 aromatic heterocycles. The van der Waals surface area contributed by atoms with E-state index in [2.05, 4.69) is 20.8 Å². The van der Waals surface area contributed by atoms with Gasteiger partial charge >= 0.3 is 0 Å². The van der Waals surface area contributed by atoms with Crippen molar-refractivity contribution >= 4 is 23.2 Å². The summed E-state index contributed by atoms with van der Waals surface area (Å²) < 4.78 is 2.93. The number of tetrazole rings is 1. The highest BCUT2D eigenvalue weighted by Gasteiger charge is 2.12. The van der Waals surface area contributed by atoms with Crippen molar-refractivity contribution in [1.82, 2.24) is 24.8 Å². The maximum absolute atomic E-state index is 12.4. The van der Waals surface area contributed by atoms with E-state index in [9.17, 15) is 9.59 Å². The lowest BCUT2D eigenvalue weighted by Crippen LogP contribution is -2.20. The molecule has 0 fully saturated rings. The van der Waals surface area contributed by atoms with Gasteiger partial charge in [0.05, 0.1) is 22.0 Å². The van der Waals surface area contributed by atoms with Gasteiger partial charge < -0.3 is 9.88 Å². The Hall–Kier alpha value is -3.00. The van der Waals surface area contributed by atoms with Crippen molar-refractivity contribution in [2.45, 2.75) is 13.5 Å². The van der Waals surface area contributed by atoms with Crippen LogP contribution in [-0.4, -0.2) is 30.7 Å². The number of aryl methyl sites for hydroxylation is 1. The number of halogens is 1. The molecule has 0 atom stereocenters. The topological polar surface area (TPSA) is 94.7 Å². The highest BCUT2D eigenvalue weighted by Crippen LogP contribution is 2.21. The fourth-order valence-electron chi connectivity index (χ4n) is 2.16. The van der Waals surface area contributed by atoms with Crippen LogP contribution in [0, 0.1) is 0 Å². The van der Waals surface area contributed by atoms with E-state index in [0.717, 1.165) is 0 Å². The summed E-state index contributed by atoms with van der Waals surface area (Å²) in [5.41, 5.74) is 1.34. The normalized spacial score (nSPS) is 10.6. The highest BCUT2D eigenvalue weighted by molar-refractivity contribution is 6.34. The third-order valence-corrected chi connectivity index (χ3v) is 3.71. The molecular formula is C15H13ClN6O2. The van der Waals surface area contributed by atoms with Crippen LogP contribution in [0.1, 0.15) is 17.3 Å². The molecule has 0 saturated heterocycles. The first-order valence-corrected chi connectivity index (χ1v) is 7.51. The smallest absolute Gasteiger partial charge is 0.257 e. The van der Waals surface area contributed by atoms with E-state index >= 15 is 0 Å². The molecule has 122 valence electrons. The van der Waals surface area contributed by atoms with E-state index in [0.29, 0.717) is 23.5 Å². The van der Waals surface area contributed by atoms with Crippen molar-refractivity contribution in [1.29, 1.82) is 0 Å². The van der Waals surface area contributed by atoms with Gasteiger partial charge in [0.1, 0.15) is 6.33 Å². The van der Waals surface area contributed by atoms with Crippen LogP contribution in [0.2, 0.25) is 5.02 Å². The zero-order valence-electron chi connectivity index (χ0n) is 12.7. The van der Waals surface area contributed by atoms with E-state index in [1.807, 2.05) is 6.92 Å². The van der Waals surface area contributed by atoms with Crippen molar-refractivity contribution in [3.8, 4) is 5.69 Å². The lowest BCUT2D eigenvalue weighted by atomic mass is 10.2. The monoisotopic (exact) mass is 344 g/mol. The summed E-state index contributed by atoms with van der Waals surface area (Å²) in [5, 5.41) is 13.8. The minimum Gasteiger partial charge on any atom is -0.321 e. The molecule has 8 nitrogen and oxygen atoms in total. The molecule has 0 spiro atoms.